The van der Waals surface area contributed by atoms with Gasteiger partial charge < -0.3 is 10.6 Å². The number of rotatable bonds is 5. The third-order valence-electron chi connectivity index (χ3n) is 4.05. The molecule has 1 fully saturated rings. The molecule has 1 heterocycles. The van der Waals surface area contributed by atoms with Crippen LogP contribution in [0.3, 0.4) is 0 Å². The number of carbonyl (C=O) groups is 1. The van der Waals surface area contributed by atoms with E-state index in [-0.39, 0.29) is 17.9 Å². The predicted octanol–water partition coefficient (Wildman–Crippen LogP) is 2.96. The summed E-state index contributed by atoms with van der Waals surface area (Å²) in [5.74, 6) is 0.192. The van der Waals surface area contributed by atoms with E-state index in [4.69, 9.17) is 11.6 Å². The van der Waals surface area contributed by atoms with Gasteiger partial charge in [-0.1, -0.05) is 60.1 Å². The van der Waals surface area contributed by atoms with Crippen LogP contribution in [0, 0.1) is 5.92 Å². The molecule has 3 rings (SSSR count). The van der Waals surface area contributed by atoms with Crippen LogP contribution in [0.15, 0.2) is 54.6 Å². The minimum absolute atomic E-state index is 0.0609. The Morgan fingerprint density at radius 1 is 1.14 bits per heavy atom. The van der Waals surface area contributed by atoms with E-state index >= 15 is 0 Å². The van der Waals surface area contributed by atoms with Crippen molar-refractivity contribution < 1.29 is 4.79 Å². The highest BCUT2D eigenvalue weighted by Gasteiger charge is 2.27. The molecule has 0 spiro atoms. The monoisotopic (exact) mass is 314 g/mol. The normalized spacial score (nSPS) is 15.9. The lowest BCUT2D eigenvalue weighted by Crippen LogP contribution is -2.51. The van der Waals surface area contributed by atoms with Gasteiger partial charge in [0.1, 0.15) is 0 Å². The van der Waals surface area contributed by atoms with Crippen LogP contribution in [-0.2, 0) is 11.2 Å². The van der Waals surface area contributed by atoms with Crippen molar-refractivity contribution in [3.8, 4) is 0 Å². The summed E-state index contributed by atoms with van der Waals surface area (Å²) in [5.41, 5.74) is 2.15. The maximum Gasteiger partial charge on any atom is 0.226 e. The summed E-state index contributed by atoms with van der Waals surface area (Å²) < 4.78 is 0. The molecule has 2 N–H and O–H groups in total. The number of nitrogens with one attached hydrogen (secondary N) is 2. The van der Waals surface area contributed by atoms with Gasteiger partial charge in [-0.05, 0) is 23.6 Å². The summed E-state index contributed by atoms with van der Waals surface area (Å²) >= 11 is 6.27. The number of hydrogen-bond acceptors (Lipinski definition) is 2. The van der Waals surface area contributed by atoms with Gasteiger partial charge in [0.05, 0.1) is 12.0 Å². The summed E-state index contributed by atoms with van der Waals surface area (Å²) in [6.45, 7) is 1.53. The van der Waals surface area contributed by atoms with Gasteiger partial charge in [0, 0.05) is 18.1 Å². The second kappa shape index (κ2) is 6.95. The van der Waals surface area contributed by atoms with E-state index in [1.54, 1.807) is 0 Å². The molecule has 0 saturated carbocycles. The topological polar surface area (TPSA) is 41.1 Å². The van der Waals surface area contributed by atoms with Gasteiger partial charge >= 0.3 is 0 Å². The van der Waals surface area contributed by atoms with Crippen LogP contribution < -0.4 is 10.6 Å². The molecule has 3 nitrogen and oxygen atoms in total. The Kier molecular flexibility index (Phi) is 4.76. The summed E-state index contributed by atoms with van der Waals surface area (Å²) in [6, 6.07) is 17.8. The van der Waals surface area contributed by atoms with Crippen molar-refractivity contribution >= 4 is 17.5 Å². The predicted molar refractivity (Wildman–Crippen MR) is 88.8 cm³/mol. The van der Waals surface area contributed by atoms with Crippen LogP contribution in [0.4, 0.5) is 0 Å². The molecule has 22 heavy (non-hydrogen) atoms. The van der Waals surface area contributed by atoms with Gasteiger partial charge in [-0.25, -0.2) is 0 Å². The summed E-state index contributed by atoms with van der Waals surface area (Å²) in [7, 11) is 0. The van der Waals surface area contributed by atoms with Crippen LogP contribution in [0.2, 0.25) is 5.02 Å². The van der Waals surface area contributed by atoms with Gasteiger partial charge in [-0.15, -0.1) is 0 Å². The summed E-state index contributed by atoms with van der Waals surface area (Å²) in [6.07, 6.45) is 0.690. The molecule has 1 unspecified atom stereocenters. The molecular weight excluding hydrogens is 296 g/mol. The highest BCUT2D eigenvalue weighted by Crippen LogP contribution is 2.24. The second-order valence-electron chi connectivity index (χ2n) is 5.62. The molecule has 1 saturated heterocycles. The third kappa shape index (κ3) is 3.49. The molecule has 114 valence electrons. The van der Waals surface area contributed by atoms with Crippen molar-refractivity contribution in [1.82, 2.24) is 10.6 Å². The van der Waals surface area contributed by atoms with Crippen LogP contribution in [0.1, 0.15) is 17.2 Å². The number of halogens is 1. The first-order chi connectivity index (χ1) is 10.7. The van der Waals surface area contributed by atoms with E-state index in [1.807, 2.05) is 54.6 Å². The Morgan fingerprint density at radius 3 is 2.45 bits per heavy atom. The minimum Gasteiger partial charge on any atom is -0.349 e. The van der Waals surface area contributed by atoms with Crippen LogP contribution in [0.25, 0.3) is 0 Å². The first kappa shape index (κ1) is 15.1. The Labute approximate surface area is 135 Å². The number of amides is 1. The zero-order chi connectivity index (χ0) is 15.4. The van der Waals surface area contributed by atoms with Crippen LogP contribution in [0.5, 0.6) is 0 Å². The average Bonchev–Trinajstić information content (AvgIpc) is 2.48. The SMILES string of the molecule is O=C(NC(Cc1ccccc1Cl)c1ccccc1)C1CNC1. The van der Waals surface area contributed by atoms with Crippen molar-refractivity contribution in [2.75, 3.05) is 13.1 Å². The summed E-state index contributed by atoms with van der Waals surface area (Å²) in [4.78, 5) is 12.3. The van der Waals surface area contributed by atoms with E-state index < -0.39 is 0 Å². The molecule has 2 aromatic carbocycles. The highest BCUT2D eigenvalue weighted by molar-refractivity contribution is 6.31. The lowest BCUT2D eigenvalue weighted by Gasteiger charge is -2.29. The maximum atomic E-state index is 12.3. The molecule has 1 aliphatic rings. The van der Waals surface area contributed by atoms with Gasteiger partial charge in [0.2, 0.25) is 5.91 Å². The fraction of sp³-hybridized carbons (Fsp3) is 0.278. The highest BCUT2D eigenvalue weighted by atomic mass is 35.5. The molecule has 0 bridgehead atoms. The molecule has 2 aromatic rings. The standard InChI is InChI=1S/C18H19ClN2O/c19-16-9-5-4-8-14(16)10-17(13-6-2-1-3-7-13)21-18(22)15-11-20-12-15/h1-9,15,17,20H,10-12H2,(H,21,22). The van der Waals surface area contributed by atoms with Crippen molar-refractivity contribution in [2.45, 2.75) is 12.5 Å². The zero-order valence-corrected chi connectivity index (χ0v) is 13.0. The van der Waals surface area contributed by atoms with E-state index in [1.165, 1.54) is 0 Å². The fourth-order valence-electron chi connectivity index (χ4n) is 2.59. The Balaban J connectivity index is 1.79. The fourth-order valence-corrected chi connectivity index (χ4v) is 2.80. The van der Waals surface area contributed by atoms with Crippen molar-refractivity contribution in [2.24, 2.45) is 5.92 Å². The van der Waals surface area contributed by atoms with Gasteiger partial charge in [0.15, 0.2) is 0 Å². The van der Waals surface area contributed by atoms with Crippen molar-refractivity contribution in [1.29, 1.82) is 0 Å². The average molecular weight is 315 g/mol. The molecule has 0 aromatic heterocycles. The minimum atomic E-state index is -0.0609. The number of carbonyl (C=O) groups excluding carboxylic acids is 1. The lowest BCUT2D eigenvalue weighted by atomic mass is 9.96. The number of hydrogen-bond donors (Lipinski definition) is 2. The molecule has 1 aliphatic heterocycles. The Bertz CT molecular complexity index is 641. The van der Waals surface area contributed by atoms with Gasteiger partial charge in [-0.3, -0.25) is 4.79 Å². The molecule has 0 radical (unpaired) electrons. The Morgan fingerprint density at radius 2 is 1.82 bits per heavy atom. The van der Waals surface area contributed by atoms with E-state index in [2.05, 4.69) is 10.6 Å². The Hall–Kier alpha value is -1.84. The van der Waals surface area contributed by atoms with E-state index in [0.29, 0.717) is 6.42 Å². The molecule has 1 amide bonds. The van der Waals surface area contributed by atoms with E-state index in [9.17, 15) is 4.79 Å². The number of benzene rings is 2. The first-order valence-corrected chi connectivity index (χ1v) is 7.91. The second-order valence-corrected chi connectivity index (χ2v) is 6.03. The molecule has 1 atom stereocenters. The largest absolute Gasteiger partial charge is 0.349 e. The van der Waals surface area contributed by atoms with E-state index in [0.717, 1.165) is 29.2 Å². The molecule has 4 heteroatoms. The molecule has 0 aliphatic carbocycles. The van der Waals surface area contributed by atoms with Crippen molar-refractivity contribution in [3.63, 3.8) is 0 Å². The third-order valence-corrected chi connectivity index (χ3v) is 4.42. The van der Waals surface area contributed by atoms with Crippen molar-refractivity contribution in [3.05, 3.63) is 70.7 Å². The maximum absolute atomic E-state index is 12.3. The lowest BCUT2D eigenvalue weighted by molar-refractivity contribution is -0.127. The van der Waals surface area contributed by atoms with Gasteiger partial charge in [0.25, 0.3) is 0 Å². The van der Waals surface area contributed by atoms with Crippen LogP contribution in [-0.4, -0.2) is 19.0 Å². The zero-order valence-electron chi connectivity index (χ0n) is 12.3. The molecular formula is C18H19ClN2O. The van der Waals surface area contributed by atoms with Gasteiger partial charge in [-0.2, -0.15) is 0 Å². The summed E-state index contributed by atoms with van der Waals surface area (Å²) in [5, 5.41) is 7.04. The van der Waals surface area contributed by atoms with Crippen LogP contribution >= 0.6 is 11.6 Å². The smallest absolute Gasteiger partial charge is 0.226 e. The first-order valence-electron chi connectivity index (χ1n) is 7.53. The quantitative estimate of drug-likeness (QED) is 0.891.